The molecule has 0 bridgehead atoms. The number of benzene rings is 2. The van der Waals surface area contributed by atoms with Gasteiger partial charge in [-0.15, -0.1) is 0 Å². The van der Waals surface area contributed by atoms with Gasteiger partial charge in [-0.25, -0.2) is 0 Å². The molecule has 2 aromatic carbocycles. The molecule has 3 rings (SSSR count). The van der Waals surface area contributed by atoms with Gasteiger partial charge in [-0.05, 0) is 55.3 Å². The molecule has 0 saturated carbocycles. The highest BCUT2D eigenvalue weighted by molar-refractivity contribution is 5.77. The van der Waals surface area contributed by atoms with Gasteiger partial charge < -0.3 is 19.9 Å². The second-order valence-corrected chi connectivity index (χ2v) is 6.99. The molecule has 1 heterocycles. The highest BCUT2D eigenvalue weighted by Crippen LogP contribution is 2.21. The normalized spacial score (nSPS) is 14.2. The molecule has 1 aliphatic rings. The zero-order chi connectivity index (χ0) is 19.2. The third-order valence-corrected chi connectivity index (χ3v) is 5.33. The summed E-state index contributed by atoms with van der Waals surface area (Å²) in [6.45, 7) is 8.15. The number of nitrogens with one attached hydrogen (secondary N) is 1. The Kier molecular flexibility index (Phi) is 6.22. The number of hydrogen-bond donors (Lipinski definition) is 1. The van der Waals surface area contributed by atoms with E-state index < -0.39 is 0 Å². The Labute approximate surface area is 161 Å². The molecule has 1 fully saturated rings. The van der Waals surface area contributed by atoms with Crippen LogP contribution in [0, 0.1) is 13.8 Å². The number of carbonyl (C=O) groups excluding carboxylic acids is 1. The number of amides is 1. The van der Waals surface area contributed by atoms with Crippen LogP contribution in [0.5, 0.6) is 5.75 Å². The van der Waals surface area contributed by atoms with Crippen LogP contribution >= 0.6 is 0 Å². The number of nitrogens with zero attached hydrogens (tertiary/aromatic N) is 2. The van der Waals surface area contributed by atoms with Crippen molar-refractivity contribution >= 4 is 17.3 Å². The fourth-order valence-corrected chi connectivity index (χ4v) is 3.41. The fraction of sp³-hybridized carbons (Fsp3) is 0.409. The SMILES string of the molecule is COc1ccc(N2CCN(C(=O)CCNc3cccc(C)c3C)CC2)cc1. The molecule has 1 saturated heterocycles. The molecule has 5 nitrogen and oxygen atoms in total. The van der Waals surface area contributed by atoms with Crippen LogP contribution in [-0.4, -0.2) is 50.6 Å². The van der Waals surface area contributed by atoms with Crippen molar-refractivity contribution in [2.24, 2.45) is 0 Å². The molecule has 2 aromatic rings. The molecule has 144 valence electrons. The van der Waals surface area contributed by atoms with Gasteiger partial charge in [-0.2, -0.15) is 0 Å². The smallest absolute Gasteiger partial charge is 0.224 e. The first kappa shape index (κ1) is 19.1. The first-order chi connectivity index (χ1) is 13.1. The molecule has 0 unspecified atom stereocenters. The van der Waals surface area contributed by atoms with Gasteiger partial charge in [0, 0.05) is 50.5 Å². The van der Waals surface area contributed by atoms with Crippen LogP contribution in [0.15, 0.2) is 42.5 Å². The number of ether oxygens (including phenoxy) is 1. The Morgan fingerprint density at radius 1 is 1.04 bits per heavy atom. The van der Waals surface area contributed by atoms with Crippen molar-refractivity contribution in [3.63, 3.8) is 0 Å². The lowest BCUT2D eigenvalue weighted by molar-refractivity contribution is -0.131. The van der Waals surface area contributed by atoms with E-state index in [4.69, 9.17) is 4.74 Å². The van der Waals surface area contributed by atoms with Gasteiger partial charge in [-0.3, -0.25) is 4.79 Å². The van der Waals surface area contributed by atoms with Gasteiger partial charge in [0.05, 0.1) is 7.11 Å². The zero-order valence-electron chi connectivity index (χ0n) is 16.5. The topological polar surface area (TPSA) is 44.8 Å². The van der Waals surface area contributed by atoms with Gasteiger partial charge in [0.25, 0.3) is 0 Å². The summed E-state index contributed by atoms with van der Waals surface area (Å²) in [5.74, 6) is 1.09. The molecule has 1 N–H and O–H groups in total. The lowest BCUT2D eigenvalue weighted by Gasteiger charge is -2.36. The van der Waals surface area contributed by atoms with Crippen molar-refractivity contribution in [1.29, 1.82) is 0 Å². The molecule has 1 aliphatic heterocycles. The average Bonchev–Trinajstić information content (AvgIpc) is 2.71. The van der Waals surface area contributed by atoms with Gasteiger partial charge in [0.15, 0.2) is 0 Å². The lowest BCUT2D eigenvalue weighted by atomic mass is 10.1. The van der Waals surface area contributed by atoms with Crippen molar-refractivity contribution in [2.45, 2.75) is 20.3 Å². The lowest BCUT2D eigenvalue weighted by Crippen LogP contribution is -2.49. The Bertz CT molecular complexity index is 766. The van der Waals surface area contributed by atoms with E-state index in [9.17, 15) is 4.79 Å². The molecule has 0 atom stereocenters. The van der Waals surface area contributed by atoms with E-state index in [0.717, 1.165) is 37.6 Å². The van der Waals surface area contributed by atoms with Crippen LogP contribution in [0.2, 0.25) is 0 Å². The van der Waals surface area contributed by atoms with Gasteiger partial charge in [0.1, 0.15) is 5.75 Å². The highest BCUT2D eigenvalue weighted by Gasteiger charge is 2.21. The van der Waals surface area contributed by atoms with Crippen molar-refractivity contribution in [3.8, 4) is 5.75 Å². The molecule has 0 spiro atoms. The Balaban J connectivity index is 1.44. The van der Waals surface area contributed by atoms with Crippen LogP contribution < -0.4 is 15.0 Å². The summed E-state index contributed by atoms with van der Waals surface area (Å²) in [5, 5.41) is 3.40. The van der Waals surface area contributed by atoms with Crippen molar-refractivity contribution in [2.75, 3.05) is 50.1 Å². The fourth-order valence-electron chi connectivity index (χ4n) is 3.41. The van der Waals surface area contributed by atoms with Crippen molar-refractivity contribution < 1.29 is 9.53 Å². The Hall–Kier alpha value is -2.69. The molecule has 1 amide bonds. The van der Waals surface area contributed by atoms with E-state index in [0.29, 0.717) is 13.0 Å². The largest absolute Gasteiger partial charge is 0.497 e. The van der Waals surface area contributed by atoms with Crippen LogP contribution in [0.1, 0.15) is 17.5 Å². The Morgan fingerprint density at radius 3 is 2.41 bits per heavy atom. The summed E-state index contributed by atoms with van der Waals surface area (Å²) in [7, 11) is 1.68. The summed E-state index contributed by atoms with van der Waals surface area (Å²) in [6.07, 6.45) is 0.524. The third-order valence-electron chi connectivity index (χ3n) is 5.33. The van der Waals surface area contributed by atoms with Crippen LogP contribution in [0.25, 0.3) is 0 Å². The maximum Gasteiger partial charge on any atom is 0.224 e. The number of carbonyl (C=O) groups is 1. The molecule has 0 aromatic heterocycles. The van der Waals surface area contributed by atoms with E-state index in [2.05, 4.69) is 48.3 Å². The summed E-state index contributed by atoms with van der Waals surface area (Å²) < 4.78 is 5.21. The molecule has 27 heavy (non-hydrogen) atoms. The van der Waals surface area contributed by atoms with Crippen LogP contribution in [0.4, 0.5) is 11.4 Å². The highest BCUT2D eigenvalue weighted by atomic mass is 16.5. The number of anilines is 2. The summed E-state index contributed by atoms with van der Waals surface area (Å²) in [5.41, 5.74) is 4.81. The van der Waals surface area contributed by atoms with Gasteiger partial charge >= 0.3 is 0 Å². The maximum absolute atomic E-state index is 12.5. The van der Waals surface area contributed by atoms with Crippen LogP contribution in [0.3, 0.4) is 0 Å². The summed E-state index contributed by atoms with van der Waals surface area (Å²) >= 11 is 0. The number of rotatable bonds is 6. The molecular weight excluding hydrogens is 338 g/mol. The van der Waals surface area contributed by atoms with E-state index >= 15 is 0 Å². The predicted octanol–water partition coefficient (Wildman–Crippen LogP) is 3.46. The minimum absolute atomic E-state index is 0.224. The second-order valence-electron chi connectivity index (χ2n) is 6.99. The monoisotopic (exact) mass is 367 g/mol. The minimum atomic E-state index is 0.224. The van der Waals surface area contributed by atoms with Crippen LogP contribution in [-0.2, 0) is 4.79 Å². The zero-order valence-corrected chi connectivity index (χ0v) is 16.5. The van der Waals surface area contributed by atoms with Crippen molar-refractivity contribution in [1.82, 2.24) is 4.90 Å². The first-order valence-electron chi connectivity index (χ1n) is 9.55. The molecular formula is C22H29N3O2. The first-order valence-corrected chi connectivity index (χ1v) is 9.55. The number of methoxy groups -OCH3 is 1. The average molecular weight is 367 g/mol. The number of aryl methyl sites for hydroxylation is 1. The molecule has 0 radical (unpaired) electrons. The predicted molar refractivity (Wildman–Crippen MR) is 111 cm³/mol. The molecule has 5 heteroatoms. The van der Waals surface area contributed by atoms with Gasteiger partial charge in [0.2, 0.25) is 5.91 Å². The number of piperazine rings is 1. The summed E-state index contributed by atoms with van der Waals surface area (Å²) in [6, 6.07) is 14.3. The quantitative estimate of drug-likeness (QED) is 0.849. The second kappa shape index (κ2) is 8.80. The Morgan fingerprint density at radius 2 is 1.74 bits per heavy atom. The van der Waals surface area contributed by atoms with E-state index in [-0.39, 0.29) is 5.91 Å². The van der Waals surface area contributed by atoms with E-state index in [1.165, 1.54) is 16.8 Å². The van der Waals surface area contributed by atoms with E-state index in [1.54, 1.807) is 7.11 Å². The van der Waals surface area contributed by atoms with E-state index in [1.807, 2.05) is 23.1 Å². The number of hydrogen-bond acceptors (Lipinski definition) is 4. The van der Waals surface area contributed by atoms with Gasteiger partial charge in [-0.1, -0.05) is 12.1 Å². The third kappa shape index (κ3) is 4.73. The maximum atomic E-state index is 12.5. The summed E-state index contributed by atoms with van der Waals surface area (Å²) in [4.78, 5) is 16.8. The van der Waals surface area contributed by atoms with Crippen molar-refractivity contribution in [3.05, 3.63) is 53.6 Å². The standard InChI is InChI=1S/C22H29N3O2/c1-17-5-4-6-21(18(17)2)23-12-11-22(26)25-15-13-24(14-16-25)19-7-9-20(27-3)10-8-19/h4-10,23H,11-16H2,1-3H3. The molecule has 0 aliphatic carbocycles. The minimum Gasteiger partial charge on any atom is -0.497 e.